The van der Waals surface area contributed by atoms with Crippen molar-refractivity contribution in [2.24, 2.45) is 4.99 Å². The maximum atomic E-state index is 8.66. The van der Waals surface area contributed by atoms with Crippen molar-refractivity contribution in [1.29, 1.82) is 5.26 Å². The summed E-state index contributed by atoms with van der Waals surface area (Å²) in [6, 6.07) is 7.14. The lowest BCUT2D eigenvalue weighted by atomic mass is 10.1. The molecule has 0 spiro atoms. The first-order valence-electron chi connectivity index (χ1n) is 3.58. The molecule has 0 fully saturated rings. The maximum absolute atomic E-state index is 8.66. The molecule has 0 radical (unpaired) electrons. The average Bonchev–Trinajstić information content (AvgIpc) is 2.16. The third kappa shape index (κ3) is 1.98. The third-order valence-electron chi connectivity index (χ3n) is 1.61. The van der Waals surface area contributed by atoms with Crippen molar-refractivity contribution < 1.29 is 0 Å². The van der Waals surface area contributed by atoms with E-state index in [9.17, 15) is 0 Å². The molecule has 0 aliphatic rings. The molecular weight excluding hydrogens is 180 g/mol. The van der Waals surface area contributed by atoms with Crippen LogP contribution >= 0.6 is 12.6 Å². The Morgan fingerprint density at radius 2 is 2.23 bits per heavy atom. The Kier molecular flexibility index (Phi) is 2.88. The zero-order valence-corrected chi connectivity index (χ0v) is 7.88. The van der Waals surface area contributed by atoms with E-state index in [4.69, 9.17) is 5.26 Å². The van der Waals surface area contributed by atoms with Gasteiger partial charge in [0.15, 0.2) is 0 Å². The third-order valence-corrected chi connectivity index (χ3v) is 1.85. The van der Waals surface area contributed by atoms with E-state index in [0.29, 0.717) is 16.2 Å². The van der Waals surface area contributed by atoms with Crippen molar-refractivity contribution in [1.82, 2.24) is 0 Å². The van der Waals surface area contributed by atoms with E-state index in [1.807, 2.05) is 6.07 Å². The first-order valence-corrected chi connectivity index (χ1v) is 4.03. The number of nitriles is 1. The predicted octanol–water partition coefficient (Wildman–Crippen LogP) is 2.79. The minimum Gasteiger partial charge on any atom is -0.264 e. The summed E-state index contributed by atoms with van der Waals surface area (Å²) in [6.07, 6.45) is 0. The molecule has 0 saturated heterocycles. The highest BCUT2D eigenvalue weighted by molar-refractivity contribution is 7.90. The van der Waals surface area contributed by atoms with Gasteiger partial charge in [-0.25, -0.2) is 0 Å². The van der Waals surface area contributed by atoms with Crippen molar-refractivity contribution in [3.8, 4) is 6.07 Å². The van der Waals surface area contributed by atoms with Crippen LogP contribution in [0.3, 0.4) is 0 Å². The van der Waals surface area contributed by atoms with Gasteiger partial charge in [-0.3, -0.25) is 4.99 Å². The molecule has 0 N–H and O–H groups in total. The molecule has 0 heterocycles. The average molecular weight is 188 g/mol. The number of benzene rings is 1. The SMILES string of the molecule is C=Nc1ccc(C#N)cc1C(=C)S. The van der Waals surface area contributed by atoms with Crippen LogP contribution < -0.4 is 0 Å². The van der Waals surface area contributed by atoms with Gasteiger partial charge in [-0.15, -0.1) is 12.6 Å². The molecule has 1 aromatic rings. The van der Waals surface area contributed by atoms with Gasteiger partial charge in [0, 0.05) is 10.5 Å². The van der Waals surface area contributed by atoms with Gasteiger partial charge in [-0.2, -0.15) is 5.26 Å². The van der Waals surface area contributed by atoms with Crippen LogP contribution in [0.4, 0.5) is 5.69 Å². The standard InChI is InChI=1S/C10H8N2S/c1-7(13)9-5-8(6-11)3-4-10(9)12-2/h3-5,13H,1-2H2. The van der Waals surface area contributed by atoms with E-state index < -0.39 is 0 Å². The number of hydrogen-bond acceptors (Lipinski definition) is 3. The highest BCUT2D eigenvalue weighted by Crippen LogP contribution is 2.27. The molecule has 0 atom stereocenters. The summed E-state index contributed by atoms with van der Waals surface area (Å²) in [5.74, 6) is 0. The topological polar surface area (TPSA) is 36.1 Å². The molecule has 64 valence electrons. The molecule has 0 aromatic heterocycles. The molecule has 2 nitrogen and oxygen atoms in total. The summed E-state index contributed by atoms with van der Waals surface area (Å²) >= 11 is 4.11. The molecule has 0 amide bonds. The normalized spacial score (nSPS) is 8.92. The molecule has 0 aliphatic heterocycles. The van der Waals surface area contributed by atoms with E-state index in [-0.39, 0.29) is 0 Å². The highest BCUT2D eigenvalue weighted by Gasteiger charge is 2.02. The van der Waals surface area contributed by atoms with Gasteiger partial charge in [0.2, 0.25) is 0 Å². The summed E-state index contributed by atoms with van der Waals surface area (Å²) in [5.41, 5.74) is 2.01. The number of thiol groups is 1. The lowest BCUT2D eigenvalue weighted by Crippen LogP contribution is -1.81. The van der Waals surface area contributed by atoms with Crippen LogP contribution in [0.1, 0.15) is 11.1 Å². The first kappa shape index (κ1) is 9.56. The van der Waals surface area contributed by atoms with E-state index in [1.54, 1.807) is 18.2 Å². The van der Waals surface area contributed by atoms with Crippen LogP contribution in [0.2, 0.25) is 0 Å². The molecule has 1 rings (SSSR count). The lowest BCUT2D eigenvalue weighted by Gasteiger charge is -2.03. The highest BCUT2D eigenvalue weighted by atomic mass is 32.1. The first-order chi connectivity index (χ1) is 6.19. The Balaban J connectivity index is 3.36. The van der Waals surface area contributed by atoms with Crippen LogP contribution in [0, 0.1) is 11.3 Å². The van der Waals surface area contributed by atoms with Crippen molar-refractivity contribution in [3.63, 3.8) is 0 Å². The molecule has 0 saturated carbocycles. The van der Waals surface area contributed by atoms with Crippen LogP contribution in [0.25, 0.3) is 4.91 Å². The van der Waals surface area contributed by atoms with Crippen molar-refractivity contribution in [2.75, 3.05) is 0 Å². The number of aliphatic imine (C=N–C) groups is 1. The summed E-state index contributed by atoms with van der Waals surface area (Å²) in [7, 11) is 0. The Morgan fingerprint density at radius 3 is 2.69 bits per heavy atom. The van der Waals surface area contributed by atoms with Crippen LogP contribution in [-0.4, -0.2) is 6.72 Å². The fourth-order valence-corrected chi connectivity index (χ4v) is 1.15. The van der Waals surface area contributed by atoms with E-state index >= 15 is 0 Å². The molecule has 0 unspecified atom stereocenters. The molecule has 1 aromatic carbocycles. The van der Waals surface area contributed by atoms with Crippen LogP contribution in [0.5, 0.6) is 0 Å². The maximum Gasteiger partial charge on any atom is 0.0991 e. The van der Waals surface area contributed by atoms with Crippen LogP contribution in [0.15, 0.2) is 29.8 Å². The number of hydrogen-bond donors (Lipinski definition) is 1. The molecule has 0 bridgehead atoms. The largest absolute Gasteiger partial charge is 0.264 e. The smallest absolute Gasteiger partial charge is 0.0991 e. The molecular formula is C10H8N2S. The molecule has 3 heteroatoms. The van der Waals surface area contributed by atoms with Gasteiger partial charge >= 0.3 is 0 Å². The second-order valence-corrected chi connectivity index (χ2v) is 2.99. The van der Waals surface area contributed by atoms with Crippen LogP contribution in [-0.2, 0) is 0 Å². The zero-order valence-electron chi connectivity index (χ0n) is 6.99. The lowest BCUT2D eigenvalue weighted by molar-refractivity contribution is 1.45. The van der Waals surface area contributed by atoms with Gasteiger partial charge in [0.1, 0.15) is 0 Å². The minimum atomic E-state index is 0.567. The minimum absolute atomic E-state index is 0.567. The fraction of sp³-hybridized carbons (Fsp3) is 0. The van der Waals surface area contributed by atoms with Gasteiger partial charge < -0.3 is 0 Å². The number of rotatable bonds is 2. The van der Waals surface area contributed by atoms with Gasteiger partial charge in [0.05, 0.1) is 17.3 Å². The van der Waals surface area contributed by atoms with E-state index in [1.165, 1.54) is 0 Å². The summed E-state index contributed by atoms with van der Waals surface area (Å²) in [6.45, 7) is 7.10. The van der Waals surface area contributed by atoms with Gasteiger partial charge in [-0.1, -0.05) is 6.58 Å². The second kappa shape index (κ2) is 3.92. The van der Waals surface area contributed by atoms with E-state index in [2.05, 4.69) is 30.9 Å². The molecule has 0 aliphatic carbocycles. The summed E-state index contributed by atoms with van der Waals surface area (Å²) in [5, 5.41) is 8.66. The summed E-state index contributed by atoms with van der Waals surface area (Å²) in [4.78, 5) is 4.38. The number of nitrogens with zero attached hydrogens (tertiary/aromatic N) is 2. The van der Waals surface area contributed by atoms with Gasteiger partial charge in [0.25, 0.3) is 0 Å². The van der Waals surface area contributed by atoms with Crippen molar-refractivity contribution in [2.45, 2.75) is 0 Å². The van der Waals surface area contributed by atoms with E-state index in [0.717, 1.165) is 5.56 Å². The Morgan fingerprint density at radius 1 is 1.54 bits per heavy atom. The monoisotopic (exact) mass is 188 g/mol. The molecule has 13 heavy (non-hydrogen) atoms. The van der Waals surface area contributed by atoms with Crippen molar-refractivity contribution in [3.05, 3.63) is 35.9 Å². The summed E-state index contributed by atoms with van der Waals surface area (Å²) < 4.78 is 0. The fourth-order valence-electron chi connectivity index (χ4n) is 0.975. The predicted molar refractivity (Wildman–Crippen MR) is 58.4 cm³/mol. The van der Waals surface area contributed by atoms with Crippen molar-refractivity contribution >= 4 is 29.9 Å². The second-order valence-electron chi connectivity index (χ2n) is 2.45. The Hall–Kier alpha value is -1.53. The quantitative estimate of drug-likeness (QED) is 0.562. The zero-order chi connectivity index (χ0) is 9.84. The Labute approximate surface area is 82.6 Å². The Bertz CT molecular complexity index is 402. The van der Waals surface area contributed by atoms with Gasteiger partial charge in [-0.05, 0) is 24.9 Å².